The molecule has 0 saturated heterocycles. The highest BCUT2D eigenvalue weighted by atomic mass is 35.5. The number of ether oxygens (including phenoxy) is 1. The normalized spacial score (nSPS) is 11.3. The summed E-state index contributed by atoms with van der Waals surface area (Å²) in [7, 11) is -2.32. The number of anilines is 2. The minimum Gasteiger partial charge on any atom is -0.494 e. The molecular formula is C27H29Cl3N4O4S2. The second-order valence-electron chi connectivity index (χ2n) is 8.55. The number of fused-ring (bicyclic) bond motifs is 1. The molecule has 1 aromatic heterocycles. The van der Waals surface area contributed by atoms with Crippen molar-refractivity contribution in [2.24, 2.45) is 0 Å². The summed E-state index contributed by atoms with van der Waals surface area (Å²) in [4.78, 5) is 22.5. The molecule has 4 rings (SSSR count). The number of benzene rings is 3. The number of sulfonamides is 1. The van der Waals surface area contributed by atoms with Crippen LogP contribution in [0.25, 0.3) is 10.2 Å². The summed E-state index contributed by atoms with van der Waals surface area (Å²) in [5.74, 6) is 0.246. The van der Waals surface area contributed by atoms with Gasteiger partial charge in [-0.15, -0.1) is 12.4 Å². The minimum atomic E-state index is -3.88. The number of rotatable bonds is 11. The Balaban J connectivity index is 0.00000441. The molecule has 0 aliphatic carbocycles. The second kappa shape index (κ2) is 13.8. The number of carbonyl (C=O) groups excluding carboxylic acids is 1. The second-order valence-corrected chi connectivity index (χ2v) is 12.1. The predicted octanol–water partition coefficient (Wildman–Crippen LogP) is 6.82. The van der Waals surface area contributed by atoms with Crippen molar-refractivity contribution in [1.82, 2.24) is 9.88 Å². The highest BCUT2D eigenvalue weighted by Gasteiger charge is 2.24. The Hall–Kier alpha value is -2.60. The molecule has 0 aliphatic heterocycles. The van der Waals surface area contributed by atoms with E-state index in [-0.39, 0.29) is 28.9 Å². The van der Waals surface area contributed by atoms with Crippen molar-refractivity contribution < 1.29 is 17.9 Å². The van der Waals surface area contributed by atoms with E-state index >= 15 is 0 Å². The molecule has 13 heteroatoms. The van der Waals surface area contributed by atoms with Gasteiger partial charge in [-0.1, -0.05) is 54.5 Å². The Kier molecular flexibility index (Phi) is 11.0. The Morgan fingerprint density at radius 1 is 1.02 bits per heavy atom. The molecule has 214 valence electrons. The van der Waals surface area contributed by atoms with E-state index < -0.39 is 10.0 Å². The summed E-state index contributed by atoms with van der Waals surface area (Å²) < 4.78 is 34.5. The number of carbonyl (C=O) groups is 1. The van der Waals surface area contributed by atoms with Gasteiger partial charge in [0.25, 0.3) is 15.9 Å². The van der Waals surface area contributed by atoms with E-state index in [1.165, 1.54) is 41.7 Å². The van der Waals surface area contributed by atoms with Crippen molar-refractivity contribution in [2.45, 2.75) is 18.7 Å². The standard InChI is InChI=1S/C27H28Cl2N4O4S2.ClH/c1-4-32(5-2)15-16-33(27-30-24-23(37-3)14-13-22(29)25(24)38-27)26(34)18-7-6-8-20(17-18)31-39(35,36)21-11-9-19(28)10-12-21;/h6-14,17,31H,4-5,15-16H2,1-3H3;1H. The molecule has 0 fully saturated rings. The Morgan fingerprint density at radius 3 is 2.38 bits per heavy atom. The molecule has 40 heavy (non-hydrogen) atoms. The van der Waals surface area contributed by atoms with Crippen LogP contribution in [0.5, 0.6) is 5.75 Å². The van der Waals surface area contributed by atoms with Crippen LogP contribution in [0, 0.1) is 0 Å². The third-order valence-electron chi connectivity index (χ3n) is 6.16. The van der Waals surface area contributed by atoms with Gasteiger partial charge in [0, 0.05) is 29.4 Å². The quantitative estimate of drug-likeness (QED) is 0.193. The van der Waals surface area contributed by atoms with E-state index in [1.54, 1.807) is 42.3 Å². The lowest BCUT2D eigenvalue weighted by atomic mass is 10.2. The zero-order valence-electron chi connectivity index (χ0n) is 22.1. The number of thiazole rings is 1. The molecule has 3 aromatic carbocycles. The molecular weight excluding hydrogens is 615 g/mol. The summed E-state index contributed by atoms with van der Waals surface area (Å²) in [6, 6.07) is 15.7. The molecule has 0 spiro atoms. The zero-order chi connectivity index (χ0) is 28.2. The van der Waals surface area contributed by atoms with Crippen LogP contribution in [0.2, 0.25) is 10.0 Å². The van der Waals surface area contributed by atoms with Gasteiger partial charge in [-0.3, -0.25) is 14.4 Å². The molecule has 0 saturated carbocycles. The van der Waals surface area contributed by atoms with Gasteiger partial charge < -0.3 is 9.64 Å². The van der Waals surface area contributed by atoms with E-state index in [9.17, 15) is 13.2 Å². The fourth-order valence-electron chi connectivity index (χ4n) is 3.99. The molecule has 0 radical (unpaired) electrons. The summed E-state index contributed by atoms with van der Waals surface area (Å²) >= 11 is 13.6. The molecule has 1 N–H and O–H groups in total. The maximum atomic E-state index is 13.9. The Labute approximate surface area is 254 Å². The van der Waals surface area contributed by atoms with Crippen LogP contribution in [0.1, 0.15) is 24.2 Å². The highest BCUT2D eigenvalue weighted by Crippen LogP contribution is 2.39. The van der Waals surface area contributed by atoms with E-state index in [4.69, 9.17) is 32.9 Å². The first-order chi connectivity index (χ1) is 18.7. The van der Waals surface area contributed by atoms with Crippen molar-refractivity contribution in [3.63, 3.8) is 0 Å². The van der Waals surface area contributed by atoms with Gasteiger partial charge in [0.2, 0.25) is 0 Å². The number of hydrogen-bond acceptors (Lipinski definition) is 7. The topological polar surface area (TPSA) is 91.8 Å². The molecule has 0 aliphatic rings. The molecule has 1 amide bonds. The van der Waals surface area contributed by atoms with Gasteiger partial charge in [0.15, 0.2) is 5.13 Å². The van der Waals surface area contributed by atoms with E-state index in [0.29, 0.717) is 45.1 Å². The van der Waals surface area contributed by atoms with Crippen molar-refractivity contribution >= 4 is 83.9 Å². The first-order valence-corrected chi connectivity index (χ1v) is 15.3. The van der Waals surface area contributed by atoms with E-state index in [2.05, 4.69) is 23.5 Å². The van der Waals surface area contributed by atoms with Gasteiger partial charge in [0.05, 0.1) is 21.7 Å². The zero-order valence-corrected chi connectivity index (χ0v) is 26.0. The van der Waals surface area contributed by atoms with Crippen LogP contribution < -0.4 is 14.4 Å². The average molecular weight is 644 g/mol. The number of amides is 1. The first-order valence-electron chi connectivity index (χ1n) is 12.2. The van der Waals surface area contributed by atoms with Crippen LogP contribution >= 0.6 is 46.9 Å². The lowest BCUT2D eigenvalue weighted by Gasteiger charge is -2.25. The van der Waals surface area contributed by atoms with Gasteiger partial charge >= 0.3 is 0 Å². The Bertz CT molecular complexity index is 1580. The largest absolute Gasteiger partial charge is 0.494 e. The van der Waals surface area contributed by atoms with Crippen molar-refractivity contribution in [3.05, 3.63) is 76.3 Å². The smallest absolute Gasteiger partial charge is 0.261 e. The number of hydrogen-bond donors (Lipinski definition) is 1. The van der Waals surface area contributed by atoms with Crippen LogP contribution in [0.15, 0.2) is 65.6 Å². The summed E-state index contributed by atoms with van der Waals surface area (Å²) in [5.41, 5.74) is 1.15. The summed E-state index contributed by atoms with van der Waals surface area (Å²) in [6.07, 6.45) is 0. The van der Waals surface area contributed by atoms with Gasteiger partial charge in [0.1, 0.15) is 11.3 Å². The van der Waals surface area contributed by atoms with Gasteiger partial charge in [-0.25, -0.2) is 13.4 Å². The number of halogens is 3. The predicted molar refractivity (Wildman–Crippen MR) is 167 cm³/mol. The Morgan fingerprint density at radius 2 is 1.73 bits per heavy atom. The van der Waals surface area contributed by atoms with Crippen molar-refractivity contribution in [1.29, 1.82) is 0 Å². The number of likely N-dealkylation sites (N-methyl/N-ethyl adjacent to an activating group) is 1. The molecule has 4 aromatic rings. The number of methoxy groups -OCH3 is 1. The summed E-state index contributed by atoms with van der Waals surface area (Å²) in [6.45, 7) is 6.80. The van der Waals surface area contributed by atoms with Gasteiger partial charge in [-0.2, -0.15) is 0 Å². The SMILES string of the molecule is CCN(CC)CCN(C(=O)c1cccc(NS(=O)(=O)c2ccc(Cl)cc2)c1)c1nc2c(OC)ccc(Cl)c2s1.Cl. The van der Waals surface area contributed by atoms with Crippen LogP contribution in [0.4, 0.5) is 10.8 Å². The molecule has 0 atom stereocenters. The number of nitrogens with zero attached hydrogens (tertiary/aromatic N) is 3. The van der Waals surface area contributed by atoms with Crippen LogP contribution in [-0.4, -0.2) is 57.5 Å². The third kappa shape index (κ3) is 7.18. The van der Waals surface area contributed by atoms with Crippen LogP contribution in [0.3, 0.4) is 0 Å². The molecule has 1 heterocycles. The highest BCUT2D eigenvalue weighted by molar-refractivity contribution is 7.92. The van der Waals surface area contributed by atoms with Crippen molar-refractivity contribution in [3.8, 4) is 5.75 Å². The molecule has 0 unspecified atom stereocenters. The maximum Gasteiger partial charge on any atom is 0.261 e. The third-order valence-corrected chi connectivity index (χ3v) is 9.35. The van der Waals surface area contributed by atoms with Crippen LogP contribution in [-0.2, 0) is 10.0 Å². The lowest BCUT2D eigenvalue weighted by molar-refractivity contribution is 0.0983. The first kappa shape index (κ1) is 31.9. The maximum absolute atomic E-state index is 13.9. The monoisotopic (exact) mass is 642 g/mol. The molecule has 0 bridgehead atoms. The average Bonchev–Trinajstić information content (AvgIpc) is 3.37. The number of nitrogens with one attached hydrogen (secondary N) is 1. The summed E-state index contributed by atoms with van der Waals surface area (Å²) in [5, 5.41) is 1.42. The lowest BCUT2D eigenvalue weighted by Crippen LogP contribution is -2.38. The van der Waals surface area contributed by atoms with Crippen molar-refractivity contribution in [2.75, 3.05) is 42.9 Å². The fourth-order valence-corrected chi connectivity index (χ4v) is 6.44. The molecule has 8 nitrogen and oxygen atoms in total. The fraction of sp³-hybridized carbons (Fsp3) is 0.259. The van der Waals surface area contributed by atoms with Gasteiger partial charge in [-0.05, 0) is 67.7 Å². The van der Waals surface area contributed by atoms with E-state index in [1.807, 2.05) is 0 Å². The minimum absolute atomic E-state index is 0. The number of aromatic nitrogens is 1. The van der Waals surface area contributed by atoms with E-state index in [0.717, 1.165) is 17.8 Å².